The van der Waals surface area contributed by atoms with Crippen molar-refractivity contribution >= 4 is 45.8 Å². The van der Waals surface area contributed by atoms with Crippen molar-refractivity contribution in [1.82, 2.24) is 0 Å². The molecule has 3 fully saturated rings. The molecule has 0 N–H and O–H groups in total. The fourth-order valence-corrected chi connectivity index (χ4v) is 7.05. The molecule has 220 valence electrons. The zero-order chi connectivity index (χ0) is 30.5. The van der Waals surface area contributed by atoms with Crippen LogP contribution in [0, 0.1) is 23.7 Å². The van der Waals surface area contributed by atoms with Gasteiger partial charge in [-0.1, -0.05) is 18.2 Å². The van der Waals surface area contributed by atoms with Gasteiger partial charge in [-0.05, 0) is 116 Å². The summed E-state index contributed by atoms with van der Waals surface area (Å²) in [4.78, 5) is 64.6. The van der Waals surface area contributed by atoms with Gasteiger partial charge in [-0.3, -0.25) is 24.1 Å². The van der Waals surface area contributed by atoms with Gasteiger partial charge in [-0.15, -0.1) is 0 Å². The molecule has 2 aliphatic carbocycles. The summed E-state index contributed by atoms with van der Waals surface area (Å²) in [5.41, 5.74) is 1.83. The first-order chi connectivity index (χ1) is 21.3. The Bertz CT molecular complexity index is 1820. The van der Waals surface area contributed by atoms with E-state index in [1.807, 2.05) is 0 Å². The third kappa shape index (κ3) is 4.86. The number of imide groups is 1. The summed E-state index contributed by atoms with van der Waals surface area (Å²) in [5, 5.41) is 1.58. The summed E-state index contributed by atoms with van der Waals surface area (Å²) in [6, 6.07) is 23.4. The van der Waals surface area contributed by atoms with Gasteiger partial charge >= 0.3 is 5.97 Å². The molecule has 1 saturated heterocycles. The molecule has 44 heavy (non-hydrogen) atoms. The number of Topliss-reactive ketones (excluding diaryl/α,β-unsaturated/α-hetero) is 2. The molecule has 2 amide bonds. The lowest BCUT2D eigenvalue weighted by Gasteiger charge is -2.19. The van der Waals surface area contributed by atoms with E-state index in [0.29, 0.717) is 45.7 Å². The predicted molar refractivity (Wildman–Crippen MR) is 162 cm³/mol. The largest absolute Gasteiger partial charge is 0.485 e. The number of fused-ring (bicyclic) bond motifs is 6. The van der Waals surface area contributed by atoms with Gasteiger partial charge in [0.25, 0.3) is 0 Å². The molecule has 4 aromatic carbocycles. The Morgan fingerprint density at radius 2 is 1.27 bits per heavy atom. The Labute approximate surface area is 253 Å². The molecule has 0 radical (unpaired) electrons. The van der Waals surface area contributed by atoms with E-state index >= 15 is 0 Å². The van der Waals surface area contributed by atoms with Crippen LogP contribution in [0.2, 0.25) is 0 Å². The quantitative estimate of drug-likeness (QED) is 0.107. The minimum absolute atomic E-state index is 0.0430. The minimum atomic E-state index is -0.565. The fraction of sp³-hybridized carbons (Fsp3) is 0.250. The number of ketones is 2. The lowest BCUT2D eigenvalue weighted by Crippen LogP contribution is -2.32. The summed E-state index contributed by atoms with van der Waals surface area (Å²) in [7, 11) is 0. The molecule has 8 nitrogen and oxygen atoms in total. The number of carbonyl (C=O) groups excluding carboxylic acids is 5. The molecule has 7 rings (SSSR count). The van der Waals surface area contributed by atoms with Crippen molar-refractivity contribution in [1.29, 1.82) is 0 Å². The molecule has 4 aromatic rings. The second kappa shape index (κ2) is 10.9. The zero-order valence-corrected chi connectivity index (χ0v) is 24.0. The maximum atomic E-state index is 13.1. The second-order valence-corrected chi connectivity index (χ2v) is 11.8. The van der Waals surface area contributed by atoms with Gasteiger partial charge in [0.15, 0.2) is 18.2 Å². The van der Waals surface area contributed by atoms with Crippen LogP contribution in [0.3, 0.4) is 0 Å². The Morgan fingerprint density at radius 3 is 1.93 bits per heavy atom. The average Bonchev–Trinajstić information content (AvgIpc) is 3.73. The van der Waals surface area contributed by atoms with Crippen LogP contribution in [0.5, 0.6) is 11.5 Å². The molecular formula is C36H29NO7. The van der Waals surface area contributed by atoms with Crippen LogP contribution in [0.1, 0.15) is 57.3 Å². The number of hydrogen-bond donors (Lipinski definition) is 0. The van der Waals surface area contributed by atoms with Crippen LogP contribution in [0.4, 0.5) is 5.69 Å². The molecule has 2 bridgehead atoms. The summed E-state index contributed by atoms with van der Waals surface area (Å²) in [5.74, 6) is 0.0391. The molecule has 1 heterocycles. The predicted octanol–water partition coefficient (Wildman–Crippen LogP) is 6.06. The Hall–Kier alpha value is -5.11. The van der Waals surface area contributed by atoms with E-state index in [0.717, 1.165) is 30.0 Å². The van der Waals surface area contributed by atoms with E-state index in [4.69, 9.17) is 9.47 Å². The first kappa shape index (κ1) is 27.7. The number of benzene rings is 4. The van der Waals surface area contributed by atoms with Crippen LogP contribution in [0.25, 0.3) is 10.8 Å². The number of carbonyl (C=O) groups is 5. The highest BCUT2D eigenvalue weighted by Crippen LogP contribution is 2.56. The molecule has 1 aliphatic heterocycles. The lowest BCUT2D eigenvalue weighted by atomic mass is 9.81. The standard InChI is InChI=1S/C36H29NO7/c1-20(38)21-8-13-29(14-9-21)43-19-31(39)25-3-2-24-18-30(15-10-23(24)16-25)44-36(42)22-6-11-28(12-7-22)37-34(40)32-26-4-5-27(17-26)33(32)35(37)41/h2-3,6-16,18,26-27,32-33H,4-5,17,19H2,1H3. The van der Waals surface area contributed by atoms with Crippen molar-refractivity contribution in [2.24, 2.45) is 23.7 Å². The van der Waals surface area contributed by atoms with Crippen LogP contribution in [0.15, 0.2) is 84.9 Å². The third-order valence-corrected chi connectivity index (χ3v) is 9.26. The zero-order valence-electron chi connectivity index (χ0n) is 24.0. The van der Waals surface area contributed by atoms with Crippen molar-refractivity contribution in [2.75, 3.05) is 11.5 Å². The monoisotopic (exact) mass is 587 g/mol. The van der Waals surface area contributed by atoms with E-state index in [1.165, 1.54) is 11.8 Å². The van der Waals surface area contributed by atoms with Crippen LogP contribution < -0.4 is 14.4 Å². The first-order valence-electron chi connectivity index (χ1n) is 14.8. The van der Waals surface area contributed by atoms with E-state index in [-0.39, 0.29) is 41.8 Å². The molecule has 0 aromatic heterocycles. The number of rotatable bonds is 8. The number of nitrogens with zero attached hydrogens (tertiary/aromatic N) is 1. The van der Waals surface area contributed by atoms with Crippen molar-refractivity contribution in [3.8, 4) is 11.5 Å². The van der Waals surface area contributed by atoms with E-state index < -0.39 is 5.97 Å². The van der Waals surface area contributed by atoms with Gasteiger partial charge in [0.05, 0.1) is 23.1 Å². The molecule has 4 atom stereocenters. The van der Waals surface area contributed by atoms with Crippen molar-refractivity contribution in [3.05, 3.63) is 102 Å². The lowest BCUT2D eigenvalue weighted by molar-refractivity contribution is -0.123. The highest BCUT2D eigenvalue weighted by atomic mass is 16.5. The smallest absolute Gasteiger partial charge is 0.343 e. The SMILES string of the molecule is CC(=O)c1ccc(OCC(=O)c2ccc3cc(OC(=O)c4ccc(N5C(=O)C6C7CCC(C7)C6C5=O)cc4)ccc3c2)cc1. The van der Waals surface area contributed by atoms with E-state index in [1.54, 1.807) is 84.9 Å². The number of amides is 2. The van der Waals surface area contributed by atoms with Gasteiger partial charge in [0.2, 0.25) is 11.8 Å². The molecule has 8 heteroatoms. The average molecular weight is 588 g/mol. The molecule has 4 unspecified atom stereocenters. The Morgan fingerprint density at radius 1 is 0.705 bits per heavy atom. The van der Waals surface area contributed by atoms with Gasteiger partial charge in [0, 0.05) is 11.1 Å². The Balaban J connectivity index is 0.987. The third-order valence-electron chi connectivity index (χ3n) is 9.26. The normalized spacial score (nSPS) is 21.9. The number of anilines is 1. The molecule has 0 spiro atoms. The summed E-state index contributed by atoms with van der Waals surface area (Å²) < 4.78 is 11.2. The number of esters is 1. The molecular weight excluding hydrogens is 558 g/mol. The second-order valence-electron chi connectivity index (χ2n) is 11.8. The number of ether oxygens (including phenoxy) is 2. The first-order valence-corrected chi connectivity index (χ1v) is 14.8. The maximum absolute atomic E-state index is 13.1. The topological polar surface area (TPSA) is 107 Å². The fourth-order valence-electron chi connectivity index (χ4n) is 7.05. The van der Waals surface area contributed by atoms with Crippen molar-refractivity contribution in [3.63, 3.8) is 0 Å². The van der Waals surface area contributed by atoms with Gasteiger partial charge in [0.1, 0.15) is 11.5 Å². The molecule has 3 aliphatic rings. The van der Waals surface area contributed by atoms with Crippen LogP contribution >= 0.6 is 0 Å². The highest BCUT2D eigenvalue weighted by molar-refractivity contribution is 6.22. The van der Waals surface area contributed by atoms with E-state index in [9.17, 15) is 24.0 Å². The molecule has 2 saturated carbocycles. The van der Waals surface area contributed by atoms with Crippen molar-refractivity contribution in [2.45, 2.75) is 26.2 Å². The maximum Gasteiger partial charge on any atom is 0.343 e. The van der Waals surface area contributed by atoms with Crippen LogP contribution in [-0.4, -0.2) is 36.0 Å². The van der Waals surface area contributed by atoms with Crippen LogP contribution in [-0.2, 0) is 9.59 Å². The van der Waals surface area contributed by atoms with Gasteiger partial charge < -0.3 is 9.47 Å². The summed E-state index contributed by atoms with van der Waals surface area (Å²) in [6.45, 7) is 1.34. The Kier molecular flexibility index (Phi) is 6.84. The van der Waals surface area contributed by atoms with Gasteiger partial charge in [-0.2, -0.15) is 0 Å². The van der Waals surface area contributed by atoms with E-state index in [2.05, 4.69) is 0 Å². The number of hydrogen-bond acceptors (Lipinski definition) is 7. The summed E-state index contributed by atoms with van der Waals surface area (Å²) in [6.07, 6.45) is 3.02. The summed E-state index contributed by atoms with van der Waals surface area (Å²) >= 11 is 0. The van der Waals surface area contributed by atoms with Gasteiger partial charge in [-0.25, -0.2) is 4.79 Å². The minimum Gasteiger partial charge on any atom is -0.485 e. The van der Waals surface area contributed by atoms with Crippen molar-refractivity contribution < 1.29 is 33.4 Å². The highest BCUT2D eigenvalue weighted by Gasteiger charge is 2.61.